The van der Waals surface area contributed by atoms with Crippen molar-refractivity contribution in [2.75, 3.05) is 25.3 Å². The second-order valence-corrected chi connectivity index (χ2v) is 7.04. The number of esters is 1. The van der Waals surface area contributed by atoms with E-state index in [0.29, 0.717) is 16.3 Å². The Balaban J connectivity index is 2.11. The van der Waals surface area contributed by atoms with Gasteiger partial charge in [-0.1, -0.05) is 23.4 Å². The molecule has 0 aliphatic rings. The molecular formula is C19H18ClN3O4S. The number of methoxy groups -OCH3 is 2. The van der Waals surface area contributed by atoms with Crippen molar-refractivity contribution in [3.63, 3.8) is 0 Å². The van der Waals surface area contributed by atoms with Crippen molar-refractivity contribution in [1.29, 1.82) is 5.26 Å². The van der Waals surface area contributed by atoms with Crippen LogP contribution in [0.3, 0.4) is 0 Å². The van der Waals surface area contributed by atoms with Gasteiger partial charge in [0.25, 0.3) is 0 Å². The number of hydrogen-bond donors (Lipinski definition) is 1. The van der Waals surface area contributed by atoms with Crippen LogP contribution in [-0.4, -0.2) is 36.8 Å². The van der Waals surface area contributed by atoms with Crippen LogP contribution in [0.25, 0.3) is 0 Å². The van der Waals surface area contributed by atoms with E-state index in [1.165, 1.54) is 19.2 Å². The van der Waals surface area contributed by atoms with Crippen molar-refractivity contribution in [3.8, 4) is 6.07 Å². The number of anilines is 1. The number of rotatable bonds is 7. The molecule has 1 N–H and O–H groups in total. The Morgan fingerprint density at radius 1 is 1.32 bits per heavy atom. The number of aromatic nitrogens is 1. The number of nitrogens with one attached hydrogen (secondary N) is 1. The van der Waals surface area contributed by atoms with Crippen molar-refractivity contribution < 1.29 is 19.1 Å². The molecule has 1 amide bonds. The van der Waals surface area contributed by atoms with Crippen molar-refractivity contribution in [2.45, 2.75) is 18.6 Å². The van der Waals surface area contributed by atoms with Crippen LogP contribution >= 0.6 is 23.4 Å². The average Bonchev–Trinajstić information content (AvgIpc) is 2.67. The molecule has 146 valence electrons. The molecule has 1 aromatic heterocycles. The molecule has 0 radical (unpaired) electrons. The predicted molar refractivity (Wildman–Crippen MR) is 107 cm³/mol. The maximum Gasteiger partial charge on any atom is 0.339 e. The van der Waals surface area contributed by atoms with Gasteiger partial charge >= 0.3 is 5.97 Å². The molecule has 0 aliphatic heterocycles. The number of nitriles is 1. The quantitative estimate of drug-likeness (QED) is 0.540. The second-order valence-electron chi connectivity index (χ2n) is 5.67. The number of carbonyl (C=O) groups excluding carboxylic acids is 2. The molecule has 0 unspecified atom stereocenters. The lowest BCUT2D eigenvalue weighted by Crippen LogP contribution is -2.15. The number of carbonyl (C=O) groups is 2. The molecule has 0 saturated heterocycles. The summed E-state index contributed by atoms with van der Waals surface area (Å²) in [6.45, 7) is 2.10. The fourth-order valence-corrected chi connectivity index (χ4v) is 3.47. The zero-order valence-corrected chi connectivity index (χ0v) is 17.1. The summed E-state index contributed by atoms with van der Waals surface area (Å²) >= 11 is 7.12. The maximum absolute atomic E-state index is 12.3. The number of hydrogen-bond acceptors (Lipinski definition) is 7. The van der Waals surface area contributed by atoms with Crippen LogP contribution in [0.2, 0.25) is 5.02 Å². The molecule has 0 bridgehead atoms. The summed E-state index contributed by atoms with van der Waals surface area (Å²) in [6.07, 6.45) is 0. The SMILES string of the molecule is COCc1cc(C)nc(SCC(=O)Nc2ccc(Cl)c(C(=O)OC)c2)c1C#N. The Morgan fingerprint density at radius 2 is 2.07 bits per heavy atom. The normalized spacial score (nSPS) is 10.2. The van der Waals surface area contributed by atoms with E-state index in [-0.39, 0.29) is 28.9 Å². The van der Waals surface area contributed by atoms with Crippen LogP contribution in [0, 0.1) is 18.3 Å². The Bertz CT molecular complexity index is 944. The van der Waals surface area contributed by atoms with E-state index in [0.717, 1.165) is 23.0 Å². The van der Waals surface area contributed by atoms with Crippen molar-refractivity contribution in [2.24, 2.45) is 0 Å². The Labute approximate surface area is 172 Å². The Kier molecular flexibility index (Phi) is 7.81. The summed E-state index contributed by atoms with van der Waals surface area (Å²) in [4.78, 5) is 28.4. The van der Waals surface area contributed by atoms with Crippen molar-refractivity contribution in [3.05, 3.63) is 51.7 Å². The molecule has 0 aliphatic carbocycles. The van der Waals surface area contributed by atoms with E-state index in [1.54, 1.807) is 19.2 Å². The van der Waals surface area contributed by atoms with Gasteiger partial charge in [-0.25, -0.2) is 9.78 Å². The Hall–Kier alpha value is -2.60. The largest absolute Gasteiger partial charge is 0.465 e. The number of benzene rings is 1. The second kappa shape index (κ2) is 10.1. The lowest BCUT2D eigenvalue weighted by Gasteiger charge is -2.10. The summed E-state index contributed by atoms with van der Waals surface area (Å²) in [5.41, 5.74) is 2.42. The molecule has 28 heavy (non-hydrogen) atoms. The molecule has 9 heteroatoms. The van der Waals surface area contributed by atoms with E-state index in [9.17, 15) is 14.9 Å². The third kappa shape index (κ3) is 5.45. The van der Waals surface area contributed by atoms with E-state index in [2.05, 4.69) is 21.1 Å². The highest BCUT2D eigenvalue weighted by atomic mass is 35.5. The number of ether oxygens (including phenoxy) is 2. The number of amides is 1. The lowest BCUT2D eigenvalue weighted by atomic mass is 10.1. The van der Waals surface area contributed by atoms with Crippen LogP contribution in [0.4, 0.5) is 5.69 Å². The molecule has 1 heterocycles. The van der Waals surface area contributed by atoms with Gasteiger partial charge in [0.05, 0.1) is 35.6 Å². The third-order valence-electron chi connectivity index (χ3n) is 3.60. The third-order valence-corrected chi connectivity index (χ3v) is 4.91. The molecule has 0 spiro atoms. The number of halogens is 1. The Morgan fingerprint density at radius 3 is 2.71 bits per heavy atom. The maximum atomic E-state index is 12.3. The standard InChI is InChI=1S/C19H18ClN3O4S/c1-11-6-12(9-26-2)15(8-21)18(22-11)28-10-17(24)23-13-4-5-16(20)14(7-13)19(25)27-3/h4-7H,9-10H2,1-3H3,(H,23,24). The van der Waals surface area contributed by atoms with Gasteiger partial charge in [0.2, 0.25) is 5.91 Å². The van der Waals surface area contributed by atoms with Gasteiger partial charge < -0.3 is 14.8 Å². The van der Waals surface area contributed by atoms with Crippen LogP contribution in [0.1, 0.15) is 27.2 Å². The first kappa shape index (κ1) is 21.7. The van der Waals surface area contributed by atoms with E-state index < -0.39 is 5.97 Å². The first-order chi connectivity index (χ1) is 13.4. The lowest BCUT2D eigenvalue weighted by molar-refractivity contribution is -0.113. The predicted octanol–water partition coefficient (Wildman–Crippen LogP) is 3.58. The molecule has 1 aromatic carbocycles. The molecule has 0 atom stereocenters. The molecule has 0 fully saturated rings. The van der Waals surface area contributed by atoms with Crippen LogP contribution in [0.5, 0.6) is 0 Å². The molecular weight excluding hydrogens is 402 g/mol. The van der Waals surface area contributed by atoms with Gasteiger partial charge in [-0.3, -0.25) is 4.79 Å². The van der Waals surface area contributed by atoms with Crippen LogP contribution < -0.4 is 5.32 Å². The minimum absolute atomic E-state index is 0.0355. The van der Waals surface area contributed by atoms with Gasteiger partial charge in [-0.15, -0.1) is 0 Å². The van der Waals surface area contributed by atoms with Gasteiger partial charge in [0.15, 0.2) is 0 Å². The highest BCUT2D eigenvalue weighted by Gasteiger charge is 2.15. The van der Waals surface area contributed by atoms with Gasteiger partial charge in [-0.2, -0.15) is 5.26 Å². The zero-order valence-electron chi connectivity index (χ0n) is 15.5. The topological polar surface area (TPSA) is 101 Å². The van der Waals surface area contributed by atoms with Crippen molar-refractivity contribution in [1.82, 2.24) is 4.98 Å². The zero-order chi connectivity index (χ0) is 20.7. The van der Waals surface area contributed by atoms with Crippen molar-refractivity contribution >= 4 is 40.9 Å². The minimum atomic E-state index is -0.594. The number of nitrogens with zero attached hydrogens (tertiary/aromatic N) is 2. The summed E-state index contributed by atoms with van der Waals surface area (Å²) < 4.78 is 9.78. The van der Waals surface area contributed by atoms with Gasteiger partial charge in [-0.05, 0) is 36.8 Å². The summed E-state index contributed by atoms with van der Waals surface area (Å²) in [5.74, 6) is -0.874. The van der Waals surface area contributed by atoms with Gasteiger partial charge in [0.1, 0.15) is 11.1 Å². The van der Waals surface area contributed by atoms with E-state index in [4.69, 9.17) is 16.3 Å². The fraction of sp³-hybridized carbons (Fsp3) is 0.263. The van der Waals surface area contributed by atoms with Crippen LogP contribution in [0.15, 0.2) is 29.3 Å². The van der Waals surface area contributed by atoms with Gasteiger partial charge in [0, 0.05) is 18.5 Å². The first-order valence-electron chi connectivity index (χ1n) is 8.09. The smallest absolute Gasteiger partial charge is 0.339 e. The fourth-order valence-electron chi connectivity index (χ4n) is 2.40. The molecule has 2 rings (SSSR count). The number of aryl methyl sites for hydroxylation is 1. The highest BCUT2D eigenvalue weighted by molar-refractivity contribution is 8.00. The summed E-state index contributed by atoms with van der Waals surface area (Å²) in [7, 11) is 2.80. The number of pyridine rings is 1. The molecule has 7 nitrogen and oxygen atoms in total. The summed E-state index contributed by atoms with van der Waals surface area (Å²) in [6, 6.07) is 8.44. The molecule has 2 aromatic rings. The van der Waals surface area contributed by atoms with Crippen LogP contribution in [-0.2, 0) is 20.9 Å². The van der Waals surface area contributed by atoms with E-state index >= 15 is 0 Å². The monoisotopic (exact) mass is 419 g/mol. The summed E-state index contributed by atoms with van der Waals surface area (Å²) in [5, 5.41) is 12.8. The minimum Gasteiger partial charge on any atom is -0.465 e. The number of thioether (sulfide) groups is 1. The van der Waals surface area contributed by atoms with E-state index in [1.807, 2.05) is 6.92 Å². The molecule has 0 saturated carbocycles. The highest BCUT2D eigenvalue weighted by Crippen LogP contribution is 2.25. The average molecular weight is 420 g/mol. The first-order valence-corrected chi connectivity index (χ1v) is 9.46.